The summed E-state index contributed by atoms with van der Waals surface area (Å²) in [6, 6.07) is -0.969. The molecule has 556 valence electrons. The highest BCUT2D eigenvalue weighted by molar-refractivity contribution is 5.76. The fourth-order valence-electron chi connectivity index (χ4n) is 13.5. The van der Waals surface area contributed by atoms with Gasteiger partial charge in [0.15, 0.2) is 18.9 Å². The van der Waals surface area contributed by atoms with E-state index in [4.69, 9.17) is 28.4 Å². The van der Waals surface area contributed by atoms with E-state index in [1.165, 1.54) is 257 Å². The Kier molecular flexibility index (Phi) is 52.8. The summed E-state index contributed by atoms with van der Waals surface area (Å²) in [5, 5.41) is 121. The number of carbonyl (C=O) groups is 1. The van der Waals surface area contributed by atoms with Crippen LogP contribution in [0.25, 0.3) is 0 Å². The normalized spacial score (nSPS) is 27.4. The van der Waals surface area contributed by atoms with Crippen molar-refractivity contribution in [3.8, 4) is 0 Å². The van der Waals surface area contributed by atoms with Crippen molar-refractivity contribution in [3.63, 3.8) is 0 Å². The third-order valence-electron chi connectivity index (χ3n) is 19.8. The zero-order valence-corrected chi connectivity index (χ0v) is 59.2. The summed E-state index contributed by atoms with van der Waals surface area (Å²) in [6.07, 6.45) is 39.4. The molecule has 17 unspecified atom stereocenters. The van der Waals surface area contributed by atoms with Crippen LogP contribution in [0.1, 0.15) is 328 Å². The lowest BCUT2D eigenvalue weighted by Gasteiger charge is -2.48. The summed E-state index contributed by atoms with van der Waals surface area (Å²) in [4.78, 5) is 13.4. The van der Waals surface area contributed by atoms with E-state index >= 15 is 0 Å². The smallest absolute Gasteiger partial charge is 0.220 e. The van der Waals surface area contributed by atoms with Crippen LogP contribution in [0.5, 0.6) is 0 Å². The molecule has 0 radical (unpaired) electrons. The first-order valence-corrected chi connectivity index (χ1v) is 38.9. The summed E-state index contributed by atoms with van der Waals surface area (Å²) in [5.74, 6) is -0.268. The van der Waals surface area contributed by atoms with Crippen molar-refractivity contribution in [1.29, 1.82) is 0 Å². The molecule has 0 spiro atoms. The fourth-order valence-corrected chi connectivity index (χ4v) is 13.5. The van der Waals surface area contributed by atoms with Gasteiger partial charge in [0.2, 0.25) is 5.91 Å². The van der Waals surface area contributed by atoms with E-state index in [1.807, 2.05) is 6.08 Å². The van der Waals surface area contributed by atoms with Gasteiger partial charge >= 0.3 is 0 Å². The second-order valence-electron chi connectivity index (χ2n) is 28.2. The van der Waals surface area contributed by atoms with Gasteiger partial charge in [0, 0.05) is 6.42 Å². The maximum atomic E-state index is 13.4. The van der Waals surface area contributed by atoms with Crippen molar-refractivity contribution in [2.24, 2.45) is 0 Å². The molecule has 3 aliphatic rings. The Morgan fingerprint density at radius 3 is 1.00 bits per heavy atom. The summed E-state index contributed by atoms with van der Waals surface area (Å²) in [7, 11) is 0. The number of ether oxygens (including phenoxy) is 6. The van der Waals surface area contributed by atoms with Gasteiger partial charge in [-0.15, -0.1) is 0 Å². The highest BCUT2D eigenvalue weighted by atomic mass is 16.8. The zero-order chi connectivity index (χ0) is 68.2. The summed E-state index contributed by atoms with van der Waals surface area (Å²) < 4.78 is 34.4. The van der Waals surface area contributed by atoms with Crippen LogP contribution in [0, 0.1) is 0 Å². The van der Waals surface area contributed by atoms with Gasteiger partial charge < -0.3 is 89.9 Å². The monoisotopic (exact) mass is 1350 g/mol. The van der Waals surface area contributed by atoms with Crippen LogP contribution in [0.3, 0.4) is 0 Å². The Bertz CT molecular complexity index is 1750. The predicted octanol–water partition coefficient (Wildman–Crippen LogP) is 12.0. The molecule has 94 heavy (non-hydrogen) atoms. The van der Waals surface area contributed by atoms with Gasteiger partial charge in [-0.3, -0.25) is 4.79 Å². The number of nitrogens with one attached hydrogen (secondary N) is 1. The lowest BCUT2D eigenvalue weighted by atomic mass is 9.96. The topological polar surface area (TPSA) is 307 Å². The molecule has 3 heterocycles. The fraction of sp³-hybridized carbons (Fsp3) is 0.960. The molecule has 3 saturated heterocycles. The minimum Gasteiger partial charge on any atom is -0.394 e. The van der Waals surface area contributed by atoms with Crippen molar-refractivity contribution in [2.75, 3.05) is 26.4 Å². The summed E-state index contributed by atoms with van der Waals surface area (Å²) in [6.45, 7) is 1.78. The minimum atomic E-state index is -1.98. The molecule has 0 aromatic heterocycles. The van der Waals surface area contributed by atoms with E-state index < -0.39 is 124 Å². The summed E-state index contributed by atoms with van der Waals surface area (Å²) >= 11 is 0. The number of allylic oxidation sites excluding steroid dienone is 1. The lowest BCUT2D eigenvalue weighted by molar-refractivity contribution is -0.379. The number of aliphatic hydroxyl groups excluding tert-OH is 11. The number of rotatable bonds is 62. The molecule has 0 bridgehead atoms. The Hall–Kier alpha value is -1.47. The SMILES string of the molecule is CCCCCCCCCCCCCCC/C=C/C(O)C(COC1OC(CO)C(OC2OC(CO)C(OC3OC(CO)C(O)C(O)C3O)C(O)C2O)C(O)C1O)NC(=O)CCCCCCCCCCCCCCCCCCCCCCCCCCCCCCCCCCCC. The number of hydrogen-bond donors (Lipinski definition) is 12. The van der Waals surface area contributed by atoms with Gasteiger partial charge in [-0.25, -0.2) is 0 Å². The Morgan fingerprint density at radius 1 is 0.372 bits per heavy atom. The van der Waals surface area contributed by atoms with E-state index in [0.29, 0.717) is 6.42 Å². The number of hydrogen-bond acceptors (Lipinski definition) is 18. The molecule has 3 aliphatic heterocycles. The van der Waals surface area contributed by atoms with Crippen LogP contribution in [-0.2, 0) is 33.2 Å². The molecule has 0 aromatic carbocycles. The first kappa shape index (κ1) is 86.8. The molecule has 17 atom stereocenters. The number of carbonyl (C=O) groups excluding carboxylic acids is 1. The molecule has 19 nitrogen and oxygen atoms in total. The first-order chi connectivity index (χ1) is 45.8. The van der Waals surface area contributed by atoms with E-state index in [9.17, 15) is 61.0 Å². The third-order valence-corrected chi connectivity index (χ3v) is 19.8. The molecule has 19 heteroatoms. The van der Waals surface area contributed by atoms with E-state index in [1.54, 1.807) is 6.08 Å². The third kappa shape index (κ3) is 37.8. The van der Waals surface area contributed by atoms with Crippen molar-refractivity contribution in [1.82, 2.24) is 5.32 Å². The second kappa shape index (κ2) is 57.2. The van der Waals surface area contributed by atoms with Gasteiger partial charge in [0.1, 0.15) is 73.2 Å². The van der Waals surface area contributed by atoms with Gasteiger partial charge in [0.25, 0.3) is 0 Å². The van der Waals surface area contributed by atoms with Crippen molar-refractivity contribution < 1.29 is 89.4 Å². The molecule has 3 rings (SSSR count). The molecule has 0 aromatic rings. The Morgan fingerprint density at radius 2 is 0.660 bits per heavy atom. The van der Waals surface area contributed by atoms with Crippen LogP contribution >= 0.6 is 0 Å². The lowest BCUT2D eigenvalue weighted by Crippen LogP contribution is -2.66. The maximum Gasteiger partial charge on any atom is 0.220 e. The molecule has 1 amide bonds. The maximum absolute atomic E-state index is 13.4. The average molecular weight is 1350 g/mol. The van der Waals surface area contributed by atoms with E-state index in [2.05, 4.69) is 19.2 Å². The highest BCUT2D eigenvalue weighted by Gasteiger charge is 2.53. The molecular weight excluding hydrogens is 1200 g/mol. The Labute approximate surface area is 569 Å². The van der Waals surface area contributed by atoms with Crippen LogP contribution < -0.4 is 5.32 Å². The van der Waals surface area contributed by atoms with Gasteiger partial charge in [-0.1, -0.05) is 315 Å². The van der Waals surface area contributed by atoms with Crippen LogP contribution in [-0.4, -0.2) is 193 Å². The molecule has 12 N–H and O–H groups in total. The predicted molar refractivity (Wildman–Crippen MR) is 370 cm³/mol. The summed E-state index contributed by atoms with van der Waals surface area (Å²) in [5.41, 5.74) is 0. The van der Waals surface area contributed by atoms with Crippen LogP contribution in [0.15, 0.2) is 12.2 Å². The van der Waals surface area contributed by atoms with E-state index in [0.717, 1.165) is 44.9 Å². The molecule has 3 fully saturated rings. The molecule has 0 aliphatic carbocycles. The Balaban J connectivity index is 1.33. The van der Waals surface area contributed by atoms with E-state index in [-0.39, 0.29) is 18.9 Å². The number of amides is 1. The zero-order valence-electron chi connectivity index (χ0n) is 59.2. The van der Waals surface area contributed by atoms with Gasteiger partial charge in [0.05, 0.1) is 38.6 Å². The number of unbranched alkanes of at least 4 members (excludes halogenated alkanes) is 46. The largest absolute Gasteiger partial charge is 0.394 e. The quantitative estimate of drug-likeness (QED) is 0.0199. The average Bonchev–Trinajstić information content (AvgIpc) is 0.787. The van der Waals surface area contributed by atoms with Gasteiger partial charge in [-0.05, 0) is 19.3 Å². The van der Waals surface area contributed by atoms with Gasteiger partial charge in [-0.2, -0.15) is 0 Å². The van der Waals surface area contributed by atoms with Crippen molar-refractivity contribution in [3.05, 3.63) is 12.2 Å². The van der Waals surface area contributed by atoms with Crippen LogP contribution in [0.2, 0.25) is 0 Å². The molecule has 0 saturated carbocycles. The first-order valence-electron chi connectivity index (χ1n) is 38.9. The highest BCUT2D eigenvalue weighted by Crippen LogP contribution is 2.33. The van der Waals surface area contributed by atoms with Crippen molar-refractivity contribution in [2.45, 2.75) is 433 Å². The standard InChI is InChI=1S/C75H143NO18/c1-3-5-7-9-11-13-15-17-19-20-21-22-23-24-25-26-27-28-29-30-31-32-33-34-35-36-37-39-41-43-45-47-49-51-53-63(81)76-58(59(80)52-50-48-46-44-42-40-38-18-16-14-12-10-8-6-4-2)57-89-73-69(87)66(84)71(61(55-78)91-73)94-75-70(88)67(85)72(62(56-79)92-75)93-74-68(86)65(83)64(82)60(54-77)90-74/h50,52,58-62,64-75,77-80,82-88H,3-49,51,53-57H2,1-2H3,(H,76,81)/b52-50+. The van der Waals surface area contributed by atoms with Crippen molar-refractivity contribution >= 4 is 5.91 Å². The molecular formula is C75H143NO18. The second-order valence-corrected chi connectivity index (χ2v) is 28.2. The number of aliphatic hydroxyl groups is 11. The minimum absolute atomic E-state index is 0.250. The van der Waals surface area contributed by atoms with Crippen LogP contribution in [0.4, 0.5) is 0 Å².